The van der Waals surface area contributed by atoms with Gasteiger partial charge in [0.25, 0.3) is 0 Å². The number of benzene rings is 1. The average Bonchev–Trinajstić information content (AvgIpc) is 2.47. The molecule has 0 aliphatic carbocycles. The van der Waals surface area contributed by atoms with Crippen LogP contribution in [0.5, 0.6) is 0 Å². The van der Waals surface area contributed by atoms with Gasteiger partial charge in [-0.15, -0.1) is 11.8 Å². The molecule has 14 heavy (non-hydrogen) atoms. The zero-order valence-corrected chi connectivity index (χ0v) is 8.45. The van der Waals surface area contributed by atoms with Gasteiger partial charge < -0.3 is 10.2 Å². The zero-order chi connectivity index (χ0) is 9.97. The molecule has 1 aliphatic heterocycles. The SMILES string of the molecule is OC1NC(O)C(Cc2ccccc2)S1. The summed E-state index contributed by atoms with van der Waals surface area (Å²) >= 11 is 1.36. The van der Waals surface area contributed by atoms with Gasteiger partial charge in [-0.25, -0.2) is 0 Å². The Kier molecular flexibility index (Phi) is 3.08. The third kappa shape index (κ3) is 2.27. The first-order valence-electron chi connectivity index (χ1n) is 4.57. The van der Waals surface area contributed by atoms with E-state index in [1.165, 1.54) is 17.3 Å². The molecule has 2 rings (SSSR count). The molecule has 3 unspecified atom stereocenters. The van der Waals surface area contributed by atoms with Crippen molar-refractivity contribution in [1.82, 2.24) is 5.32 Å². The molecule has 0 bridgehead atoms. The van der Waals surface area contributed by atoms with E-state index in [2.05, 4.69) is 5.32 Å². The second kappa shape index (κ2) is 4.31. The molecule has 1 heterocycles. The third-order valence-electron chi connectivity index (χ3n) is 2.25. The average molecular weight is 211 g/mol. The van der Waals surface area contributed by atoms with Crippen LogP contribution in [0.25, 0.3) is 0 Å². The van der Waals surface area contributed by atoms with Gasteiger partial charge in [0.05, 0.1) is 5.25 Å². The molecule has 1 aromatic carbocycles. The Balaban J connectivity index is 1.98. The predicted octanol–water partition coefficient (Wildman–Crippen LogP) is 0.528. The summed E-state index contributed by atoms with van der Waals surface area (Å²) in [6.45, 7) is 0. The van der Waals surface area contributed by atoms with Gasteiger partial charge in [0.1, 0.15) is 6.23 Å². The van der Waals surface area contributed by atoms with Crippen molar-refractivity contribution in [1.29, 1.82) is 0 Å². The molecule has 3 N–H and O–H groups in total. The van der Waals surface area contributed by atoms with Crippen LogP contribution in [0, 0.1) is 0 Å². The lowest BCUT2D eigenvalue weighted by molar-refractivity contribution is 0.0996. The summed E-state index contributed by atoms with van der Waals surface area (Å²) in [6, 6.07) is 9.97. The number of rotatable bonds is 2. The molecule has 0 saturated carbocycles. The van der Waals surface area contributed by atoms with Crippen molar-refractivity contribution < 1.29 is 10.2 Å². The molecule has 0 radical (unpaired) electrons. The van der Waals surface area contributed by atoms with E-state index in [4.69, 9.17) is 0 Å². The Hall–Kier alpha value is -0.550. The number of hydrogen-bond donors (Lipinski definition) is 3. The van der Waals surface area contributed by atoms with Gasteiger partial charge in [0.15, 0.2) is 5.56 Å². The maximum Gasteiger partial charge on any atom is 0.155 e. The smallest absolute Gasteiger partial charge is 0.155 e. The summed E-state index contributed by atoms with van der Waals surface area (Å²) in [5.74, 6) is 0. The molecule has 0 spiro atoms. The zero-order valence-electron chi connectivity index (χ0n) is 7.63. The summed E-state index contributed by atoms with van der Waals surface area (Å²) in [7, 11) is 0. The summed E-state index contributed by atoms with van der Waals surface area (Å²) in [4.78, 5) is 0. The fourth-order valence-electron chi connectivity index (χ4n) is 1.54. The van der Waals surface area contributed by atoms with Gasteiger partial charge in [-0.2, -0.15) is 0 Å². The molecule has 3 atom stereocenters. The van der Waals surface area contributed by atoms with Gasteiger partial charge in [0.2, 0.25) is 0 Å². The molecule has 4 heteroatoms. The number of thioether (sulfide) groups is 1. The molecule has 0 aromatic heterocycles. The molecule has 76 valence electrons. The molecular weight excluding hydrogens is 198 g/mol. The van der Waals surface area contributed by atoms with Gasteiger partial charge in [-0.05, 0) is 12.0 Å². The van der Waals surface area contributed by atoms with Crippen molar-refractivity contribution in [2.75, 3.05) is 0 Å². The predicted molar refractivity (Wildman–Crippen MR) is 56.7 cm³/mol. The van der Waals surface area contributed by atoms with Gasteiger partial charge in [-0.3, -0.25) is 5.32 Å². The van der Waals surface area contributed by atoms with Crippen molar-refractivity contribution in [2.24, 2.45) is 0 Å². The summed E-state index contributed by atoms with van der Waals surface area (Å²) < 4.78 is 0. The van der Waals surface area contributed by atoms with Gasteiger partial charge in [-0.1, -0.05) is 30.3 Å². The van der Waals surface area contributed by atoms with Gasteiger partial charge >= 0.3 is 0 Å². The van der Waals surface area contributed by atoms with Crippen LogP contribution in [0.1, 0.15) is 5.56 Å². The highest BCUT2D eigenvalue weighted by atomic mass is 32.2. The standard InChI is InChI=1S/C10H13NO2S/c12-9-8(14-10(13)11-9)6-7-4-2-1-3-5-7/h1-5,8-13H,6H2. The Morgan fingerprint density at radius 1 is 1.21 bits per heavy atom. The van der Waals surface area contributed by atoms with Crippen LogP contribution in [0.2, 0.25) is 0 Å². The summed E-state index contributed by atoms with van der Waals surface area (Å²) in [6.07, 6.45) is 0.159. The second-order valence-corrected chi connectivity index (χ2v) is 4.65. The molecule has 0 amide bonds. The highest BCUT2D eigenvalue weighted by Gasteiger charge is 2.31. The van der Waals surface area contributed by atoms with E-state index in [9.17, 15) is 10.2 Å². The molecule has 1 saturated heterocycles. The van der Waals surface area contributed by atoms with Crippen LogP contribution in [0.4, 0.5) is 0 Å². The number of aliphatic hydroxyl groups excluding tert-OH is 2. The van der Waals surface area contributed by atoms with E-state index in [1.807, 2.05) is 30.3 Å². The van der Waals surface area contributed by atoms with E-state index in [1.54, 1.807) is 0 Å². The number of hydrogen-bond acceptors (Lipinski definition) is 4. The quantitative estimate of drug-likeness (QED) is 0.668. The van der Waals surface area contributed by atoms with Crippen molar-refractivity contribution in [2.45, 2.75) is 23.5 Å². The monoisotopic (exact) mass is 211 g/mol. The molecular formula is C10H13NO2S. The van der Waals surface area contributed by atoms with Crippen LogP contribution < -0.4 is 5.32 Å². The second-order valence-electron chi connectivity index (χ2n) is 3.33. The van der Waals surface area contributed by atoms with Crippen LogP contribution in [-0.2, 0) is 6.42 Å². The molecule has 1 fully saturated rings. The summed E-state index contributed by atoms with van der Waals surface area (Å²) in [5.41, 5.74) is 0.540. The van der Waals surface area contributed by atoms with E-state index in [0.29, 0.717) is 0 Å². The largest absolute Gasteiger partial charge is 0.377 e. The van der Waals surface area contributed by atoms with E-state index in [0.717, 1.165) is 6.42 Å². The lowest BCUT2D eigenvalue weighted by Gasteiger charge is -2.11. The van der Waals surface area contributed by atoms with Crippen LogP contribution >= 0.6 is 11.8 Å². The van der Waals surface area contributed by atoms with Crippen LogP contribution in [0.3, 0.4) is 0 Å². The fraction of sp³-hybridized carbons (Fsp3) is 0.400. The number of nitrogens with one attached hydrogen (secondary N) is 1. The molecule has 3 nitrogen and oxygen atoms in total. The van der Waals surface area contributed by atoms with Crippen molar-refractivity contribution in [3.05, 3.63) is 35.9 Å². The van der Waals surface area contributed by atoms with E-state index < -0.39 is 11.8 Å². The lowest BCUT2D eigenvalue weighted by atomic mass is 10.1. The summed E-state index contributed by atoms with van der Waals surface area (Å²) in [5, 5.41) is 21.5. The van der Waals surface area contributed by atoms with E-state index >= 15 is 0 Å². The fourth-order valence-corrected chi connectivity index (χ4v) is 2.60. The first kappa shape index (κ1) is 9.98. The van der Waals surface area contributed by atoms with E-state index in [-0.39, 0.29) is 5.25 Å². The molecule has 1 aliphatic rings. The Bertz CT molecular complexity index is 293. The minimum atomic E-state index is -0.640. The first-order chi connectivity index (χ1) is 6.75. The highest BCUT2D eigenvalue weighted by molar-refractivity contribution is 8.00. The lowest BCUT2D eigenvalue weighted by Crippen LogP contribution is -2.33. The normalized spacial score (nSPS) is 32.0. The van der Waals surface area contributed by atoms with Crippen molar-refractivity contribution in [3.8, 4) is 0 Å². The minimum absolute atomic E-state index is 0.0346. The topological polar surface area (TPSA) is 52.5 Å². The Morgan fingerprint density at radius 3 is 2.50 bits per heavy atom. The Labute approximate surface area is 87.1 Å². The van der Waals surface area contributed by atoms with Crippen LogP contribution in [0.15, 0.2) is 30.3 Å². The minimum Gasteiger partial charge on any atom is -0.377 e. The first-order valence-corrected chi connectivity index (χ1v) is 5.51. The molecule has 1 aromatic rings. The maximum absolute atomic E-state index is 9.53. The van der Waals surface area contributed by atoms with Crippen molar-refractivity contribution in [3.63, 3.8) is 0 Å². The highest BCUT2D eigenvalue weighted by Crippen LogP contribution is 2.27. The third-order valence-corrected chi connectivity index (χ3v) is 3.42. The van der Waals surface area contributed by atoms with Crippen LogP contribution in [-0.4, -0.2) is 27.3 Å². The Morgan fingerprint density at radius 2 is 1.93 bits per heavy atom. The number of aliphatic hydroxyl groups is 2. The maximum atomic E-state index is 9.53. The van der Waals surface area contributed by atoms with Gasteiger partial charge in [0, 0.05) is 0 Å². The van der Waals surface area contributed by atoms with Crippen molar-refractivity contribution >= 4 is 11.8 Å².